The van der Waals surface area contributed by atoms with Crippen LogP contribution in [0.1, 0.15) is 29.1 Å². The minimum absolute atomic E-state index is 0.100. The van der Waals surface area contributed by atoms with Gasteiger partial charge in [0.25, 0.3) is 0 Å². The first-order chi connectivity index (χ1) is 8.74. The Morgan fingerprint density at radius 2 is 2.44 bits per heavy atom. The van der Waals surface area contributed by atoms with Crippen LogP contribution in [0.2, 0.25) is 0 Å². The van der Waals surface area contributed by atoms with Crippen molar-refractivity contribution in [1.82, 2.24) is 10.3 Å². The van der Waals surface area contributed by atoms with Crippen LogP contribution in [0.4, 0.5) is 0 Å². The lowest BCUT2D eigenvalue weighted by Gasteiger charge is -2.36. The topological polar surface area (TPSA) is 50.5 Å². The zero-order valence-electron chi connectivity index (χ0n) is 11.2. The average Bonchev–Trinajstić information content (AvgIpc) is 2.78. The summed E-state index contributed by atoms with van der Waals surface area (Å²) in [6, 6.07) is 4.38. The van der Waals surface area contributed by atoms with Crippen LogP contribution in [-0.2, 0) is 4.74 Å². The van der Waals surface area contributed by atoms with E-state index in [4.69, 9.17) is 10.6 Å². The summed E-state index contributed by atoms with van der Waals surface area (Å²) in [5.74, 6) is 5.72. The van der Waals surface area contributed by atoms with Gasteiger partial charge in [-0.15, -0.1) is 11.3 Å². The molecule has 1 fully saturated rings. The lowest BCUT2D eigenvalue weighted by Crippen LogP contribution is -2.49. The molecule has 1 aromatic rings. The summed E-state index contributed by atoms with van der Waals surface area (Å²) in [5.41, 5.74) is 2.92. The molecule has 0 spiro atoms. The molecule has 1 aromatic heterocycles. The number of hydrazine groups is 1. The molecule has 5 heteroatoms. The Labute approximate surface area is 113 Å². The number of ether oxygens (including phenoxy) is 1. The smallest absolute Gasteiger partial charge is 0.0917 e. The highest BCUT2D eigenvalue weighted by Gasteiger charge is 2.29. The van der Waals surface area contributed by atoms with Crippen molar-refractivity contribution in [2.24, 2.45) is 5.84 Å². The molecule has 1 aliphatic heterocycles. The molecule has 1 saturated heterocycles. The van der Waals surface area contributed by atoms with Crippen LogP contribution in [0.5, 0.6) is 0 Å². The fourth-order valence-corrected chi connectivity index (χ4v) is 3.44. The molecule has 102 valence electrons. The predicted molar refractivity (Wildman–Crippen MR) is 75.6 cm³/mol. The van der Waals surface area contributed by atoms with Crippen molar-refractivity contribution in [2.45, 2.75) is 32.4 Å². The molecule has 0 amide bonds. The second-order valence-electron chi connectivity index (χ2n) is 4.80. The number of rotatable bonds is 5. The van der Waals surface area contributed by atoms with Crippen LogP contribution in [0.15, 0.2) is 12.1 Å². The SMILES string of the molecule is CCCN1CCOC(C(NN)c2ccc(C)s2)C1. The Hall–Kier alpha value is -0.460. The lowest BCUT2D eigenvalue weighted by molar-refractivity contribution is -0.0465. The largest absolute Gasteiger partial charge is 0.373 e. The van der Waals surface area contributed by atoms with Gasteiger partial charge < -0.3 is 4.74 Å². The summed E-state index contributed by atoms with van der Waals surface area (Å²) >= 11 is 1.79. The standard InChI is InChI=1S/C13H23N3OS/c1-3-6-16-7-8-17-11(9-16)13(15-14)12-5-4-10(2)18-12/h4-5,11,13,15H,3,6-9,14H2,1-2H3. The Morgan fingerprint density at radius 1 is 1.61 bits per heavy atom. The van der Waals surface area contributed by atoms with E-state index in [0.29, 0.717) is 0 Å². The number of nitrogens with one attached hydrogen (secondary N) is 1. The number of hydrogen-bond donors (Lipinski definition) is 2. The van der Waals surface area contributed by atoms with Gasteiger partial charge in [0.15, 0.2) is 0 Å². The Bertz CT molecular complexity index is 367. The van der Waals surface area contributed by atoms with Gasteiger partial charge in [-0.25, -0.2) is 5.43 Å². The van der Waals surface area contributed by atoms with Crippen molar-refractivity contribution in [3.63, 3.8) is 0 Å². The van der Waals surface area contributed by atoms with E-state index in [0.717, 1.165) is 26.2 Å². The molecule has 0 saturated carbocycles. The molecule has 0 aromatic carbocycles. The summed E-state index contributed by atoms with van der Waals surface area (Å²) in [4.78, 5) is 5.03. The van der Waals surface area contributed by atoms with Gasteiger partial charge in [-0.3, -0.25) is 10.7 Å². The van der Waals surface area contributed by atoms with Crippen molar-refractivity contribution in [2.75, 3.05) is 26.2 Å². The quantitative estimate of drug-likeness (QED) is 0.631. The maximum atomic E-state index is 5.89. The van der Waals surface area contributed by atoms with Gasteiger partial charge in [0, 0.05) is 22.8 Å². The van der Waals surface area contributed by atoms with Crippen LogP contribution in [0.3, 0.4) is 0 Å². The molecule has 0 bridgehead atoms. The van der Waals surface area contributed by atoms with Crippen LogP contribution in [0.25, 0.3) is 0 Å². The van der Waals surface area contributed by atoms with Crippen molar-refractivity contribution in [1.29, 1.82) is 0 Å². The van der Waals surface area contributed by atoms with Gasteiger partial charge in [-0.05, 0) is 32.0 Å². The second-order valence-corrected chi connectivity index (χ2v) is 6.12. The van der Waals surface area contributed by atoms with E-state index in [1.807, 2.05) is 0 Å². The monoisotopic (exact) mass is 269 g/mol. The Morgan fingerprint density at radius 3 is 3.06 bits per heavy atom. The summed E-state index contributed by atoms with van der Waals surface area (Å²) in [7, 11) is 0. The Balaban J connectivity index is 2.03. The fraction of sp³-hybridized carbons (Fsp3) is 0.692. The number of morpholine rings is 1. The van der Waals surface area contributed by atoms with Crippen LogP contribution in [0, 0.1) is 6.92 Å². The van der Waals surface area contributed by atoms with Crippen molar-refractivity contribution in [3.05, 3.63) is 21.9 Å². The van der Waals surface area contributed by atoms with E-state index < -0.39 is 0 Å². The maximum absolute atomic E-state index is 5.89. The van der Waals surface area contributed by atoms with E-state index in [9.17, 15) is 0 Å². The molecule has 18 heavy (non-hydrogen) atoms. The van der Waals surface area contributed by atoms with E-state index in [2.05, 4.69) is 36.3 Å². The third-order valence-corrected chi connectivity index (χ3v) is 4.42. The van der Waals surface area contributed by atoms with Crippen LogP contribution in [-0.4, -0.2) is 37.2 Å². The zero-order valence-corrected chi connectivity index (χ0v) is 12.0. The third kappa shape index (κ3) is 3.30. The number of aryl methyl sites for hydroxylation is 1. The first kappa shape index (κ1) is 14.0. The van der Waals surface area contributed by atoms with Crippen LogP contribution < -0.4 is 11.3 Å². The van der Waals surface area contributed by atoms with Gasteiger partial charge >= 0.3 is 0 Å². The van der Waals surface area contributed by atoms with E-state index >= 15 is 0 Å². The Kier molecular flexibility index (Phi) is 5.14. The molecule has 3 N–H and O–H groups in total. The molecule has 0 radical (unpaired) electrons. The zero-order chi connectivity index (χ0) is 13.0. The first-order valence-corrected chi connectivity index (χ1v) is 7.42. The van der Waals surface area contributed by atoms with Crippen LogP contribution >= 0.6 is 11.3 Å². The molecular formula is C13H23N3OS. The number of nitrogens with zero attached hydrogens (tertiary/aromatic N) is 1. The van der Waals surface area contributed by atoms with Gasteiger partial charge in [-0.2, -0.15) is 0 Å². The highest BCUT2D eigenvalue weighted by molar-refractivity contribution is 7.12. The summed E-state index contributed by atoms with van der Waals surface area (Å²) in [6.45, 7) is 8.26. The summed E-state index contributed by atoms with van der Waals surface area (Å²) in [5, 5.41) is 0. The molecule has 2 rings (SSSR count). The van der Waals surface area contributed by atoms with Gasteiger partial charge in [-0.1, -0.05) is 6.92 Å². The molecular weight excluding hydrogens is 246 g/mol. The normalized spacial score (nSPS) is 23.2. The highest BCUT2D eigenvalue weighted by atomic mass is 32.1. The second kappa shape index (κ2) is 6.63. The van der Waals surface area contributed by atoms with Gasteiger partial charge in [0.1, 0.15) is 0 Å². The number of hydrogen-bond acceptors (Lipinski definition) is 5. The molecule has 4 nitrogen and oxygen atoms in total. The maximum Gasteiger partial charge on any atom is 0.0917 e. The molecule has 1 aliphatic rings. The lowest BCUT2D eigenvalue weighted by atomic mass is 10.1. The predicted octanol–water partition coefficient (Wildman–Crippen LogP) is 1.67. The van der Waals surface area contributed by atoms with Gasteiger partial charge in [0.05, 0.1) is 18.8 Å². The van der Waals surface area contributed by atoms with E-state index in [-0.39, 0.29) is 12.1 Å². The summed E-state index contributed by atoms with van der Waals surface area (Å²) < 4.78 is 5.89. The third-order valence-electron chi connectivity index (χ3n) is 3.34. The molecule has 2 atom stereocenters. The van der Waals surface area contributed by atoms with E-state index in [1.165, 1.54) is 16.2 Å². The van der Waals surface area contributed by atoms with Gasteiger partial charge in [0.2, 0.25) is 0 Å². The average molecular weight is 269 g/mol. The van der Waals surface area contributed by atoms with Crippen molar-refractivity contribution in [3.8, 4) is 0 Å². The minimum Gasteiger partial charge on any atom is -0.373 e. The van der Waals surface area contributed by atoms with Crippen molar-refractivity contribution >= 4 is 11.3 Å². The molecule has 2 unspecified atom stereocenters. The molecule has 2 heterocycles. The highest BCUT2D eigenvalue weighted by Crippen LogP contribution is 2.27. The number of nitrogens with two attached hydrogens (primary N) is 1. The summed E-state index contributed by atoms with van der Waals surface area (Å²) in [6.07, 6.45) is 1.33. The first-order valence-electron chi connectivity index (χ1n) is 6.61. The fourth-order valence-electron chi connectivity index (χ4n) is 2.45. The minimum atomic E-state index is 0.100. The molecule has 0 aliphatic carbocycles. The van der Waals surface area contributed by atoms with Crippen molar-refractivity contribution < 1.29 is 4.74 Å². The number of thiophene rings is 1. The van der Waals surface area contributed by atoms with E-state index in [1.54, 1.807) is 11.3 Å².